The molecule has 0 spiro atoms. The first-order valence-electron chi connectivity index (χ1n) is 9.85. The molecule has 0 amide bonds. The van der Waals surface area contributed by atoms with Crippen molar-refractivity contribution in [2.75, 3.05) is 13.2 Å². The molecule has 5 rings (SSSR count). The molecule has 0 fully saturated rings. The van der Waals surface area contributed by atoms with Gasteiger partial charge in [-0.05, 0) is 41.0 Å². The Bertz CT molecular complexity index is 1180. The molecule has 0 saturated heterocycles. The topological polar surface area (TPSA) is 65.0 Å². The van der Waals surface area contributed by atoms with Crippen molar-refractivity contribution in [3.8, 4) is 28.4 Å². The van der Waals surface area contributed by atoms with Crippen molar-refractivity contribution in [3.05, 3.63) is 75.8 Å². The first-order chi connectivity index (χ1) is 15.0. The Morgan fingerprint density at radius 3 is 2.52 bits per heavy atom. The normalized spacial score (nSPS) is 18.9. The van der Waals surface area contributed by atoms with E-state index in [-0.39, 0.29) is 18.4 Å². The molecule has 2 aliphatic rings. The van der Waals surface area contributed by atoms with Crippen LogP contribution in [0.3, 0.4) is 0 Å². The number of halogens is 2. The van der Waals surface area contributed by atoms with Gasteiger partial charge in [-0.15, -0.1) is 0 Å². The minimum absolute atomic E-state index is 0.0246. The molecular weight excluding hydrogens is 439 g/mol. The molecule has 0 aromatic heterocycles. The first-order valence-corrected chi connectivity index (χ1v) is 10.6. The number of carboxylic acid groups (broad SMARTS) is 1. The van der Waals surface area contributed by atoms with Crippen molar-refractivity contribution in [1.29, 1.82) is 0 Å². The number of hydrogen-bond donors (Lipinski definition) is 1. The summed E-state index contributed by atoms with van der Waals surface area (Å²) >= 11 is 12.2. The van der Waals surface area contributed by atoms with Gasteiger partial charge in [-0.2, -0.15) is 0 Å². The number of rotatable bonds is 4. The van der Waals surface area contributed by atoms with Gasteiger partial charge in [0, 0.05) is 17.5 Å². The second-order valence-electron chi connectivity index (χ2n) is 7.61. The van der Waals surface area contributed by atoms with E-state index in [2.05, 4.69) is 0 Å². The highest BCUT2D eigenvalue weighted by molar-refractivity contribution is 6.42. The molecule has 2 heterocycles. The van der Waals surface area contributed by atoms with Crippen LogP contribution in [0.2, 0.25) is 10.0 Å². The third-order valence-corrected chi connectivity index (χ3v) is 6.29. The number of ether oxygens (including phenoxy) is 3. The van der Waals surface area contributed by atoms with E-state index in [9.17, 15) is 4.79 Å². The summed E-state index contributed by atoms with van der Waals surface area (Å²) in [4.78, 5) is 11.1. The van der Waals surface area contributed by atoms with Crippen LogP contribution in [-0.4, -0.2) is 24.3 Å². The van der Waals surface area contributed by atoms with Gasteiger partial charge >= 0.3 is 5.97 Å². The van der Waals surface area contributed by atoms with Crippen molar-refractivity contribution in [2.24, 2.45) is 0 Å². The summed E-state index contributed by atoms with van der Waals surface area (Å²) in [7, 11) is 0. The summed E-state index contributed by atoms with van der Waals surface area (Å²) in [5, 5.41) is 10.1. The van der Waals surface area contributed by atoms with Crippen molar-refractivity contribution >= 4 is 29.2 Å². The van der Waals surface area contributed by atoms with E-state index in [1.54, 1.807) is 12.1 Å². The maximum absolute atomic E-state index is 11.1. The van der Waals surface area contributed by atoms with E-state index in [1.807, 2.05) is 42.5 Å². The zero-order chi connectivity index (χ0) is 21.5. The lowest BCUT2D eigenvalue weighted by molar-refractivity contribution is -0.137. The Labute approximate surface area is 189 Å². The standard InChI is InChI=1S/C24H18Cl2O5/c25-18-5-4-14(7-19(18)26)13-2-1-3-15(6-13)23-12-30-21-9-17-16(8-24(27)28)11-29-20(17)10-22(21)31-23/h1-7,9-10,16,23H,8,11-12H2,(H,27,28)/t16-,23+/m1/s1. The molecule has 5 nitrogen and oxygen atoms in total. The maximum atomic E-state index is 11.1. The Morgan fingerprint density at radius 1 is 0.903 bits per heavy atom. The van der Waals surface area contributed by atoms with Gasteiger partial charge < -0.3 is 19.3 Å². The summed E-state index contributed by atoms with van der Waals surface area (Å²) in [5.41, 5.74) is 3.78. The van der Waals surface area contributed by atoms with Crippen LogP contribution < -0.4 is 14.2 Å². The lowest BCUT2D eigenvalue weighted by Gasteiger charge is -2.27. The van der Waals surface area contributed by atoms with E-state index in [4.69, 9.17) is 42.5 Å². The summed E-state index contributed by atoms with van der Waals surface area (Å²) in [5.74, 6) is 0.821. The number of hydrogen-bond acceptors (Lipinski definition) is 4. The second-order valence-corrected chi connectivity index (χ2v) is 8.43. The Balaban J connectivity index is 1.40. The summed E-state index contributed by atoms with van der Waals surface area (Å²) in [6, 6.07) is 17.2. The molecule has 31 heavy (non-hydrogen) atoms. The third kappa shape index (κ3) is 3.91. The predicted molar refractivity (Wildman–Crippen MR) is 118 cm³/mol. The molecule has 0 radical (unpaired) electrons. The van der Waals surface area contributed by atoms with E-state index < -0.39 is 5.97 Å². The minimum atomic E-state index is -0.849. The molecule has 2 atom stereocenters. The van der Waals surface area contributed by atoms with Crippen molar-refractivity contribution in [1.82, 2.24) is 0 Å². The summed E-state index contributed by atoms with van der Waals surface area (Å²) in [6.45, 7) is 0.695. The number of fused-ring (bicyclic) bond motifs is 2. The van der Waals surface area contributed by atoms with Crippen LogP contribution in [0.1, 0.15) is 29.6 Å². The molecule has 0 aliphatic carbocycles. The quantitative estimate of drug-likeness (QED) is 0.511. The van der Waals surface area contributed by atoms with Crippen LogP contribution in [0, 0.1) is 0 Å². The minimum Gasteiger partial charge on any atom is -0.492 e. The van der Waals surface area contributed by atoms with E-state index in [1.165, 1.54) is 0 Å². The van der Waals surface area contributed by atoms with Gasteiger partial charge in [0.05, 0.1) is 23.1 Å². The van der Waals surface area contributed by atoms with Gasteiger partial charge in [-0.3, -0.25) is 4.79 Å². The van der Waals surface area contributed by atoms with Crippen LogP contribution >= 0.6 is 23.2 Å². The largest absolute Gasteiger partial charge is 0.492 e. The van der Waals surface area contributed by atoms with Crippen molar-refractivity contribution in [3.63, 3.8) is 0 Å². The highest BCUT2D eigenvalue weighted by Crippen LogP contribution is 2.46. The average Bonchev–Trinajstić information content (AvgIpc) is 3.14. The molecule has 3 aromatic rings. The lowest BCUT2D eigenvalue weighted by atomic mass is 9.97. The number of carbonyl (C=O) groups is 1. The molecule has 3 aromatic carbocycles. The van der Waals surface area contributed by atoms with Crippen LogP contribution in [0.25, 0.3) is 11.1 Å². The first kappa shape index (κ1) is 20.0. The zero-order valence-corrected chi connectivity index (χ0v) is 17.8. The molecule has 7 heteroatoms. The SMILES string of the molecule is O=C(O)C[C@@H]1COc2cc3c(cc21)OC[C@@H](c1cccc(-c2ccc(Cl)c(Cl)c2)c1)O3. The van der Waals surface area contributed by atoms with Crippen LogP contribution in [-0.2, 0) is 4.79 Å². The fourth-order valence-corrected chi connectivity index (χ4v) is 4.28. The fraction of sp³-hybridized carbons (Fsp3) is 0.208. The van der Waals surface area contributed by atoms with E-state index >= 15 is 0 Å². The van der Waals surface area contributed by atoms with Crippen LogP contribution in [0.15, 0.2) is 54.6 Å². The lowest BCUT2D eigenvalue weighted by Crippen LogP contribution is -2.21. The molecule has 0 bridgehead atoms. The third-order valence-electron chi connectivity index (χ3n) is 5.55. The second kappa shape index (κ2) is 7.98. The summed E-state index contributed by atoms with van der Waals surface area (Å²) < 4.78 is 17.9. The maximum Gasteiger partial charge on any atom is 0.304 e. The van der Waals surface area contributed by atoms with E-state index in [0.29, 0.717) is 40.5 Å². The van der Waals surface area contributed by atoms with Crippen LogP contribution in [0.5, 0.6) is 17.2 Å². The highest BCUT2D eigenvalue weighted by atomic mass is 35.5. The van der Waals surface area contributed by atoms with Gasteiger partial charge in [0.2, 0.25) is 0 Å². The van der Waals surface area contributed by atoms with Gasteiger partial charge in [-0.1, -0.05) is 47.5 Å². The Morgan fingerprint density at radius 2 is 1.71 bits per heavy atom. The average molecular weight is 457 g/mol. The molecular formula is C24H18Cl2O5. The summed E-state index contributed by atoms with van der Waals surface area (Å²) in [6.07, 6.45) is -0.263. The molecule has 2 aliphatic heterocycles. The molecule has 1 N–H and O–H groups in total. The Kier molecular flexibility index (Phi) is 5.16. The van der Waals surface area contributed by atoms with Crippen molar-refractivity contribution < 1.29 is 24.1 Å². The molecule has 158 valence electrons. The zero-order valence-electron chi connectivity index (χ0n) is 16.3. The number of carboxylic acids is 1. The number of benzene rings is 3. The van der Waals surface area contributed by atoms with Crippen molar-refractivity contribution in [2.45, 2.75) is 18.4 Å². The highest BCUT2D eigenvalue weighted by Gasteiger charge is 2.31. The van der Waals surface area contributed by atoms with Gasteiger partial charge in [-0.25, -0.2) is 0 Å². The van der Waals surface area contributed by atoms with Crippen LogP contribution in [0.4, 0.5) is 0 Å². The van der Waals surface area contributed by atoms with Gasteiger partial charge in [0.25, 0.3) is 0 Å². The van der Waals surface area contributed by atoms with E-state index in [0.717, 1.165) is 22.3 Å². The Hall–Kier alpha value is -2.89. The predicted octanol–water partition coefficient (Wildman–Crippen LogP) is 6.12. The molecule has 0 saturated carbocycles. The monoisotopic (exact) mass is 456 g/mol. The number of aliphatic carboxylic acids is 1. The smallest absolute Gasteiger partial charge is 0.304 e. The molecule has 0 unspecified atom stereocenters. The van der Waals surface area contributed by atoms with Gasteiger partial charge in [0.1, 0.15) is 12.4 Å². The van der Waals surface area contributed by atoms with Gasteiger partial charge in [0.15, 0.2) is 17.6 Å². The fourth-order valence-electron chi connectivity index (χ4n) is 3.98.